The van der Waals surface area contributed by atoms with E-state index in [1.54, 1.807) is 0 Å². The van der Waals surface area contributed by atoms with Crippen molar-refractivity contribution in [2.24, 2.45) is 0 Å². The highest BCUT2D eigenvalue weighted by molar-refractivity contribution is 6.31. The molecule has 0 aliphatic heterocycles. The van der Waals surface area contributed by atoms with Crippen molar-refractivity contribution in [2.45, 2.75) is 6.92 Å². The van der Waals surface area contributed by atoms with E-state index in [1.807, 2.05) is 0 Å². The van der Waals surface area contributed by atoms with E-state index >= 15 is 0 Å². The fraction of sp³-hybridized carbons (Fsp3) is 0.0714. The van der Waals surface area contributed by atoms with E-state index in [9.17, 15) is 29.4 Å². The van der Waals surface area contributed by atoms with Crippen LogP contribution in [0.3, 0.4) is 0 Å². The average Bonchev–Trinajstić information content (AvgIpc) is 2.50. The summed E-state index contributed by atoms with van der Waals surface area (Å²) in [6.07, 6.45) is 0. The van der Waals surface area contributed by atoms with Crippen LogP contribution in [0.1, 0.15) is 15.9 Å². The number of nitrogens with zero attached hydrogens (tertiary/aromatic N) is 2. The van der Waals surface area contributed by atoms with Crippen LogP contribution in [0.25, 0.3) is 0 Å². The molecule has 0 aliphatic carbocycles. The van der Waals surface area contributed by atoms with Crippen LogP contribution in [-0.2, 0) is 0 Å². The number of non-ortho nitro benzene ring substituents is 1. The van der Waals surface area contributed by atoms with Gasteiger partial charge in [-0.1, -0.05) is 11.6 Å². The maximum Gasteiger partial charge on any atom is 0.279 e. The van der Waals surface area contributed by atoms with Gasteiger partial charge in [0.1, 0.15) is 5.82 Å². The Balaban J connectivity index is 2.50. The minimum absolute atomic E-state index is 0.0782. The molecule has 24 heavy (non-hydrogen) atoms. The molecule has 0 spiro atoms. The third-order valence-corrected chi connectivity index (χ3v) is 3.43. The zero-order valence-corrected chi connectivity index (χ0v) is 12.8. The smallest absolute Gasteiger partial charge is 0.279 e. The number of carbonyl (C=O) groups excluding carboxylic acids is 1. The van der Waals surface area contributed by atoms with Crippen LogP contribution in [0.2, 0.25) is 5.02 Å². The molecule has 1 N–H and O–H groups in total. The van der Waals surface area contributed by atoms with Crippen molar-refractivity contribution in [3.63, 3.8) is 0 Å². The summed E-state index contributed by atoms with van der Waals surface area (Å²) in [6, 6.07) is 5.10. The van der Waals surface area contributed by atoms with Gasteiger partial charge < -0.3 is 5.32 Å². The molecule has 0 fully saturated rings. The highest BCUT2D eigenvalue weighted by atomic mass is 35.5. The second-order valence-corrected chi connectivity index (χ2v) is 5.17. The number of amides is 1. The van der Waals surface area contributed by atoms with Crippen molar-refractivity contribution in [1.29, 1.82) is 0 Å². The summed E-state index contributed by atoms with van der Waals surface area (Å²) in [5.74, 6) is -1.70. The van der Waals surface area contributed by atoms with Crippen LogP contribution in [0, 0.1) is 33.0 Å². The number of anilines is 1. The molecular formula is C14H9ClFN3O5. The molecule has 0 radical (unpaired) electrons. The van der Waals surface area contributed by atoms with Gasteiger partial charge in [-0.3, -0.25) is 25.0 Å². The van der Waals surface area contributed by atoms with Crippen molar-refractivity contribution >= 4 is 34.6 Å². The van der Waals surface area contributed by atoms with Crippen LogP contribution in [0.5, 0.6) is 0 Å². The van der Waals surface area contributed by atoms with Gasteiger partial charge in [-0.05, 0) is 25.1 Å². The highest BCUT2D eigenvalue weighted by Crippen LogP contribution is 2.29. The average molecular weight is 354 g/mol. The molecule has 0 aliphatic rings. The molecule has 2 aromatic carbocycles. The first-order valence-corrected chi connectivity index (χ1v) is 6.78. The lowest BCUT2D eigenvalue weighted by atomic mass is 10.0. The fourth-order valence-corrected chi connectivity index (χ4v) is 2.17. The van der Waals surface area contributed by atoms with Gasteiger partial charge in [0, 0.05) is 16.7 Å². The van der Waals surface area contributed by atoms with Gasteiger partial charge >= 0.3 is 0 Å². The van der Waals surface area contributed by atoms with E-state index in [4.69, 9.17) is 11.6 Å². The van der Waals surface area contributed by atoms with Gasteiger partial charge in [0.25, 0.3) is 17.3 Å². The van der Waals surface area contributed by atoms with Crippen LogP contribution < -0.4 is 5.32 Å². The van der Waals surface area contributed by atoms with Gasteiger partial charge in [-0.2, -0.15) is 0 Å². The molecule has 2 aromatic rings. The number of benzene rings is 2. The normalized spacial score (nSPS) is 10.3. The summed E-state index contributed by atoms with van der Waals surface area (Å²) >= 11 is 5.71. The minimum atomic E-state index is -0.930. The summed E-state index contributed by atoms with van der Waals surface area (Å²) in [4.78, 5) is 32.5. The van der Waals surface area contributed by atoms with E-state index < -0.39 is 32.9 Å². The van der Waals surface area contributed by atoms with E-state index in [1.165, 1.54) is 13.0 Å². The van der Waals surface area contributed by atoms with Crippen molar-refractivity contribution in [3.8, 4) is 0 Å². The maximum absolute atomic E-state index is 13.7. The summed E-state index contributed by atoms with van der Waals surface area (Å²) in [6.45, 7) is 1.27. The number of rotatable bonds is 4. The van der Waals surface area contributed by atoms with Crippen molar-refractivity contribution in [3.05, 3.63) is 72.5 Å². The van der Waals surface area contributed by atoms with E-state index in [-0.39, 0.29) is 21.8 Å². The Labute approximate surface area is 139 Å². The lowest BCUT2D eigenvalue weighted by molar-refractivity contribution is -0.394. The van der Waals surface area contributed by atoms with Gasteiger partial charge in [0.2, 0.25) is 0 Å². The minimum Gasteiger partial charge on any atom is -0.319 e. The number of nitrogens with one attached hydrogen (secondary N) is 1. The first-order valence-electron chi connectivity index (χ1n) is 6.40. The van der Waals surface area contributed by atoms with Crippen molar-refractivity contribution in [1.82, 2.24) is 0 Å². The molecule has 0 saturated carbocycles. The number of hydrogen-bond donors (Lipinski definition) is 1. The summed E-state index contributed by atoms with van der Waals surface area (Å²) in [5.41, 5.74) is -1.84. The third kappa shape index (κ3) is 3.46. The van der Waals surface area contributed by atoms with Gasteiger partial charge in [-0.25, -0.2) is 4.39 Å². The van der Waals surface area contributed by atoms with E-state index in [2.05, 4.69) is 5.32 Å². The molecule has 0 aromatic heterocycles. The monoisotopic (exact) mass is 353 g/mol. The van der Waals surface area contributed by atoms with Crippen LogP contribution in [-0.4, -0.2) is 15.8 Å². The van der Waals surface area contributed by atoms with Gasteiger partial charge in [-0.15, -0.1) is 0 Å². The Morgan fingerprint density at radius 3 is 2.42 bits per heavy atom. The molecule has 0 saturated heterocycles. The lowest BCUT2D eigenvalue weighted by Crippen LogP contribution is -2.15. The Kier molecular flexibility index (Phi) is 4.74. The zero-order chi connectivity index (χ0) is 18.0. The Hall–Kier alpha value is -3.07. The summed E-state index contributed by atoms with van der Waals surface area (Å²) in [7, 11) is 0. The molecule has 1 amide bonds. The molecular weight excluding hydrogens is 345 g/mol. The summed E-state index contributed by atoms with van der Waals surface area (Å²) in [5, 5.41) is 24.3. The number of nitro groups is 2. The predicted octanol–water partition coefficient (Wildman–Crippen LogP) is 3.86. The number of carbonyl (C=O) groups is 1. The predicted molar refractivity (Wildman–Crippen MR) is 83.9 cm³/mol. The summed E-state index contributed by atoms with van der Waals surface area (Å²) < 4.78 is 13.7. The molecule has 0 heterocycles. The quantitative estimate of drug-likeness (QED) is 0.661. The van der Waals surface area contributed by atoms with Crippen molar-refractivity contribution in [2.75, 3.05) is 5.32 Å². The molecule has 0 unspecified atom stereocenters. The maximum atomic E-state index is 13.7. The van der Waals surface area contributed by atoms with E-state index in [0.717, 1.165) is 24.3 Å². The van der Waals surface area contributed by atoms with Crippen LogP contribution in [0.4, 0.5) is 21.5 Å². The van der Waals surface area contributed by atoms with Crippen LogP contribution in [0.15, 0.2) is 30.3 Å². The fourth-order valence-electron chi connectivity index (χ4n) is 2.00. The van der Waals surface area contributed by atoms with Crippen molar-refractivity contribution < 1.29 is 19.0 Å². The van der Waals surface area contributed by atoms with E-state index in [0.29, 0.717) is 0 Å². The molecule has 0 bridgehead atoms. The molecule has 2 rings (SSSR count). The van der Waals surface area contributed by atoms with Crippen LogP contribution >= 0.6 is 11.6 Å². The standard InChI is InChI=1S/C14H9ClFN3O5/c1-7-10(5-9(18(21)22)6-13(7)19(23)24)14(20)17-12-4-8(15)2-3-11(12)16/h2-6H,1H3,(H,17,20). The van der Waals surface area contributed by atoms with Gasteiger partial charge in [0.05, 0.1) is 27.2 Å². The topological polar surface area (TPSA) is 115 Å². The van der Waals surface area contributed by atoms with Gasteiger partial charge in [0.15, 0.2) is 0 Å². The second-order valence-electron chi connectivity index (χ2n) is 4.73. The molecule has 8 nitrogen and oxygen atoms in total. The first kappa shape index (κ1) is 17.3. The highest BCUT2D eigenvalue weighted by Gasteiger charge is 2.25. The lowest BCUT2D eigenvalue weighted by Gasteiger charge is -2.09. The SMILES string of the molecule is Cc1c(C(=O)Nc2cc(Cl)ccc2F)cc([N+](=O)[O-])cc1[N+](=O)[O-]. The number of nitro benzene ring substituents is 2. The Bertz CT molecular complexity index is 872. The molecule has 0 atom stereocenters. The number of halogens is 2. The molecule has 124 valence electrons. The Morgan fingerprint density at radius 2 is 1.83 bits per heavy atom. The third-order valence-electron chi connectivity index (χ3n) is 3.19. The second kappa shape index (κ2) is 6.59. The number of hydrogen-bond acceptors (Lipinski definition) is 5. The first-order chi connectivity index (χ1) is 11.2. The Morgan fingerprint density at radius 1 is 1.17 bits per heavy atom. The largest absolute Gasteiger partial charge is 0.319 e. The molecule has 10 heteroatoms. The zero-order valence-electron chi connectivity index (χ0n) is 12.1.